The van der Waals surface area contributed by atoms with Gasteiger partial charge in [0.05, 0.1) is 29.2 Å². The molecule has 3 unspecified atom stereocenters. The monoisotopic (exact) mass is 487 g/mol. The van der Waals surface area contributed by atoms with E-state index in [1.165, 1.54) is 18.3 Å². The Morgan fingerprint density at radius 2 is 1.73 bits per heavy atom. The first-order chi connectivity index (χ1) is 15.5. The van der Waals surface area contributed by atoms with Gasteiger partial charge in [0.2, 0.25) is 0 Å². The number of halogens is 3. The van der Waals surface area contributed by atoms with E-state index in [0.29, 0.717) is 16.4 Å². The first-order valence-electron chi connectivity index (χ1n) is 9.89. The van der Waals surface area contributed by atoms with Crippen LogP contribution in [0.2, 0.25) is 0 Å². The second-order valence-electron chi connectivity index (χ2n) is 7.60. The van der Waals surface area contributed by atoms with Gasteiger partial charge in [-0.2, -0.15) is 0 Å². The minimum Gasteiger partial charge on any atom is -0.457 e. The molecule has 1 aliphatic rings. The quantitative estimate of drug-likeness (QED) is 0.507. The summed E-state index contributed by atoms with van der Waals surface area (Å²) in [5.74, 6) is -0.384. The Morgan fingerprint density at radius 3 is 2.21 bits per heavy atom. The van der Waals surface area contributed by atoms with E-state index in [-0.39, 0.29) is 18.1 Å². The summed E-state index contributed by atoms with van der Waals surface area (Å²) in [6.07, 6.45) is -4.05. The fourth-order valence-corrected chi connectivity index (χ4v) is 4.46. The topological polar surface area (TPSA) is 77.5 Å². The summed E-state index contributed by atoms with van der Waals surface area (Å²) in [5.41, 5.74) is 0. The Hall–Kier alpha value is -2.60. The number of hydroxylamine groups is 2. The van der Waals surface area contributed by atoms with Crippen LogP contribution in [0, 0.1) is 0 Å². The van der Waals surface area contributed by atoms with E-state index in [9.17, 15) is 22.6 Å². The van der Waals surface area contributed by atoms with Crippen LogP contribution in [-0.2, 0) is 20.3 Å². The SMILES string of the molecule is C=CN(O)C(CS(=O)c1ccc(Oc2ccc(OC(F)(F)F)cc2)cc1)C1COC(C)(C)O1. The van der Waals surface area contributed by atoms with E-state index >= 15 is 0 Å². The number of alkyl halides is 3. The van der Waals surface area contributed by atoms with E-state index in [0.717, 1.165) is 17.2 Å². The van der Waals surface area contributed by atoms with Crippen molar-refractivity contribution in [2.45, 2.75) is 43.0 Å². The zero-order valence-corrected chi connectivity index (χ0v) is 18.8. The molecule has 1 fully saturated rings. The Labute approximate surface area is 191 Å². The first-order valence-corrected chi connectivity index (χ1v) is 11.2. The maximum atomic E-state index is 12.9. The van der Waals surface area contributed by atoms with Crippen LogP contribution in [0.5, 0.6) is 17.2 Å². The van der Waals surface area contributed by atoms with Gasteiger partial charge in [0.25, 0.3) is 0 Å². The maximum absolute atomic E-state index is 12.9. The van der Waals surface area contributed by atoms with Gasteiger partial charge in [-0.15, -0.1) is 13.2 Å². The minimum absolute atomic E-state index is 0.0630. The number of ether oxygens (including phenoxy) is 4. The van der Waals surface area contributed by atoms with Crippen LogP contribution in [0.15, 0.2) is 66.2 Å². The molecule has 1 N–H and O–H groups in total. The molecule has 11 heteroatoms. The van der Waals surface area contributed by atoms with Crippen molar-refractivity contribution in [3.05, 3.63) is 61.3 Å². The molecule has 0 amide bonds. The summed E-state index contributed by atoms with van der Waals surface area (Å²) >= 11 is 0. The third-order valence-electron chi connectivity index (χ3n) is 4.69. The molecule has 0 radical (unpaired) electrons. The van der Waals surface area contributed by atoms with Crippen LogP contribution in [0.3, 0.4) is 0 Å². The summed E-state index contributed by atoms with van der Waals surface area (Å²) in [5, 5.41) is 11.1. The number of rotatable bonds is 9. The molecular weight excluding hydrogens is 463 g/mol. The van der Waals surface area contributed by atoms with Crippen molar-refractivity contribution in [3.63, 3.8) is 0 Å². The molecule has 3 atom stereocenters. The molecule has 2 aromatic rings. The van der Waals surface area contributed by atoms with E-state index < -0.39 is 35.1 Å². The number of hydrogen-bond acceptors (Lipinski definition) is 7. The Kier molecular flexibility index (Phi) is 7.68. The summed E-state index contributed by atoms with van der Waals surface area (Å²) < 4.78 is 70.4. The molecule has 0 saturated carbocycles. The highest BCUT2D eigenvalue weighted by Gasteiger charge is 2.40. The van der Waals surface area contributed by atoms with Crippen molar-refractivity contribution in [1.29, 1.82) is 0 Å². The molecule has 0 aromatic heterocycles. The molecule has 180 valence electrons. The molecule has 2 aromatic carbocycles. The van der Waals surface area contributed by atoms with E-state index in [1.54, 1.807) is 38.1 Å². The predicted molar refractivity (Wildman–Crippen MR) is 113 cm³/mol. The highest BCUT2D eigenvalue weighted by atomic mass is 32.2. The second-order valence-corrected chi connectivity index (χ2v) is 9.10. The van der Waals surface area contributed by atoms with Gasteiger partial charge in [-0.1, -0.05) is 6.58 Å². The van der Waals surface area contributed by atoms with Crippen molar-refractivity contribution in [3.8, 4) is 17.2 Å². The van der Waals surface area contributed by atoms with Crippen LogP contribution >= 0.6 is 0 Å². The molecule has 1 heterocycles. The molecule has 0 aliphatic carbocycles. The zero-order valence-electron chi connectivity index (χ0n) is 17.9. The van der Waals surface area contributed by atoms with E-state index in [1.807, 2.05) is 0 Å². The van der Waals surface area contributed by atoms with Crippen LogP contribution in [0.25, 0.3) is 0 Å². The lowest BCUT2D eigenvalue weighted by Gasteiger charge is -2.29. The number of benzene rings is 2. The summed E-state index contributed by atoms with van der Waals surface area (Å²) in [6, 6.07) is 10.7. The van der Waals surface area contributed by atoms with Crippen LogP contribution in [0.1, 0.15) is 13.8 Å². The van der Waals surface area contributed by atoms with Gasteiger partial charge in [-0.05, 0) is 62.4 Å². The third kappa shape index (κ3) is 7.19. The molecule has 7 nitrogen and oxygen atoms in total. The van der Waals surface area contributed by atoms with Gasteiger partial charge >= 0.3 is 6.36 Å². The van der Waals surface area contributed by atoms with Crippen molar-refractivity contribution in [2.24, 2.45) is 0 Å². The Balaban J connectivity index is 1.62. The maximum Gasteiger partial charge on any atom is 0.573 e. The zero-order chi connectivity index (χ0) is 24.2. The standard InChI is InChI=1S/C22H24F3NO6S/c1-4-26(27)19(20-13-29-21(2,3)32-20)14-33(28)18-11-9-16(10-12-18)30-15-5-7-17(8-6-15)31-22(23,24)25/h4-12,19-20,27H,1,13-14H2,2-3H3. The second kappa shape index (κ2) is 10.1. The molecule has 0 bridgehead atoms. The molecular formula is C22H24F3NO6S. The summed E-state index contributed by atoms with van der Waals surface area (Å²) in [4.78, 5) is 0.497. The lowest BCUT2D eigenvalue weighted by molar-refractivity contribution is -0.274. The van der Waals surface area contributed by atoms with Crippen molar-refractivity contribution < 1.29 is 41.5 Å². The molecule has 33 heavy (non-hydrogen) atoms. The van der Waals surface area contributed by atoms with Gasteiger partial charge in [0.1, 0.15) is 23.4 Å². The third-order valence-corrected chi connectivity index (χ3v) is 6.13. The van der Waals surface area contributed by atoms with Gasteiger partial charge in [-0.3, -0.25) is 14.5 Å². The highest BCUT2D eigenvalue weighted by molar-refractivity contribution is 7.85. The smallest absolute Gasteiger partial charge is 0.457 e. The van der Waals surface area contributed by atoms with Crippen LogP contribution in [-0.4, -0.2) is 51.1 Å². The lowest BCUT2D eigenvalue weighted by Crippen LogP contribution is -2.44. The van der Waals surface area contributed by atoms with Crippen molar-refractivity contribution >= 4 is 10.8 Å². The molecule has 1 aliphatic heterocycles. The molecule has 0 spiro atoms. The van der Waals surface area contributed by atoms with Gasteiger partial charge in [0, 0.05) is 11.1 Å². The highest BCUT2D eigenvalue weighted by Crippen LogP contribution is 2.29. The van der Waals surface area contributed by atoms with Crippen molar-refractivity contribution in [1.82, 2.24) is 5.06 Å². The van der Waals surface area contributed by atoms with Crippen LogP contribution < -0.4 is 9.47 Å². The molecule has 3 rings (SSSR count). The minimum atomic E-state index is -4.77. The van der Waals surface area contributed by atoms with Crippen molar-refractivity contribution in [2.75, 3.05) is 12.4 Å². The molecule has 1 saturated heterocycles. The first kappa shape index (κ1) is 25.0. The average molecular weight is 487 g/mol. The lowest BCUT2D eigenvalue weighted by atomic mass is 10.2. The predicted octanol–water partition coefficient (Wildman–Crippen LogP) is 4.84. The largest absolute Gasteiger partial charge is 0.573 e. The Bertz CT molecular complexity index is 966. The average Bonchev–Trinajstić information content (AvgIpc) is 3.11. The fraction of sp³-hybridized carbons (Fsp3) is 0.364. The van der Waals surface area contributed by atoms with Gasteiger partial charge < -0.3 is 18.9 Å². The van der Waals surface area contributed by atoms with E-state index in [2.05, 4.69) is 11.3 Å². The summed E-state index contributed by atoms with van der Waals surface area (Å²) in [7, 11) is -1.49. The Morgan fingerprint density at radius 1 is 1.18 bits per heavy atom. The van der Waals surface area contributed by atoms with Gasteiger partial charge in [-0.25, -0.2) is 0 Å². The van der Waals surface area contributed by atoms with E-state index in [4.69, 9.17) is 14.2 Å². The normalized spacial score (nSPS) is 19.5. The fourth-order valence-electron chi connectivity index (χ4n) is 3.15. The van der Waals surface area contributed by atoms with Gasteiger partial charge in [0.15, 0.2) is 5.79 Å². The number of nitrogens with zero attached hydrogens (tertiary/aromatic N) is 1. The summed E-state index contributed by atoms with van der Waals surface area (Å²) in [6.45, 7) is 7.29. The number of hydrogen-bond donors (Lipinski definition) is 1. The van der Waals surface area contributed by atoms with Crippen LogP contribution in [0.4, 0.5) is 13.2 Å².